The lowest BCUT2D eigenvalue weighted by molar-refractivity contribution is -0.154. The van der Waals surface area contributed by atoms with Crippen molar-refractivity contribution in [3.05, 3.63) is 29.3 Å². The second kappa shape index (κ2) is 6.71. The average Bonchev–Trinajstić information content (AvgIpc) is 2.55. The third-order valence-corrected chi connectivity index (χ3v) is 6.84. The van der Waals surface area contributed by atoms with Crippen LogP contribution >= 0.6 is 0 Å². The van der Waals surface area contributed by atoms with Gasteiger partial charge in [0.1, 0.15) is 0 Å². The Kier molecular flexibility index (Phi) is 4.54. The van der Waals surface area contributed by atoms with E-state index >= 15 is 0 Å². The fourth-order valence-corrected chi connectivity index (χ4v) is 6.03. The number of hydrogen-bond donors (Lipinski definition) is 1. The van der Waals surface area contributed by atoms with Crippen LogP contribution in [0.1, 0.15) is 56.1 Å². The quantitative estimate of drug-likeness (QED) is 0.797. The van der Waals surface area contributed by atoms with Crippen LogP contribution in [0.25, 0.3) is 0 Å². The first-order valence-corrected chi connectivity index (χ1v) is 9.93. The number of esters is 1. The highest BCUT2D eigenvalue weighted by Crippen LogP contribution is 2.61. The van der Waals surface area contributed by atoms with E-state index in [1.807, 2.05) is 32.0 Å². The predicted octanol–water partition coefficient (Wildman–Crippen LogP) is 4.39. The van der Waals surface area contributed by atoms with Crippen LogP contribution in [-0.2, 0) is 14.3 Å². The van der Waals surface area contributed by atoms with Crippen molar-refractivity contribution in [3.63, 3.8) is 0 Å². The molecule has 0 radical (unpaired) electrons. The molecule has 4 aliphatic rings. The van der Waals surface area contributed by atoms with Crippen molar-refractivity contribution in [1.29, 1.82) is 0 Å². The molecule has 0 saturated heterocycles. The zero-order chi connectivity index (χ0) is 18.3. The van der Waals surface area contributed by atoms with Crippen molar-refractivity contribution < 1.29 is 14.3 Å². The molecular formula is C22H29NO3. The molecule has 26 heavy (non-hydrogen) atoms. The maximum Gasteiger partial charge on any atom is 0.306 e. The fourth-order valence-electron chi connectivity index (χ4n) is 6.03. The number of aryl methyl sites for hydroxylation is 2. The molecular weight excluding hydrogens is 326 g/mol. The fraction of sp³-hybridized carbons (Fsp3) is 0.636. The molecule has 0 aliphatic heterocycles. The summed E-state index contributed by atoms with van der Waals surface area (Å²) in [6.45, 7) is 3.85. The van der Waals surface area contributed by atoms with Crippen molar-refractivity contribution in [1.82, 2.24) is 0 Å². The maximum absolute atomic E-state index is 12.4. The van der Waals surface area contributed by atoms with Gasteiger partial charge in [-0.1, -0.05) is 6.07 Å². The molecule has 4 fully saturated rings. The largest absolute Gasteiger partial charge is 0.456 e. The molecule has 4 saturated carbocycles. The molecule has 1 N–H and O–H groups in total. The molecule has 4 aliphatic carbocycles. The Hall–Kier alpha value is -1.84. The van der Waals surface area contributed by atoms with Gasteiger partial charge in [-0.2, -0.15) is 0 Å². The van der Waals surface area contributed by atoms with E-state index in [4.69, 9.17) is 4.74 Å². The summed E-state index contributed by atoms with van der Waals surface area (Å²) in [6, 6.07) is 5.78. The van der Waals surface area contributed by atoms with Crippen molar-refractivity contribution in [2.75, 3.05) is 11.9 Å². The summed E-state index contributed by atoms with van der Waals surface area (Å²) >= 11 is 0. The molecule has 0 spiro atoms. The number of rotatable bonds is 5. The van der Waals surface area contributed by atoms with Crippen LogP contribution in [0.5, 0.6) is 0 Å². The van der Waals surface area contributed by atoms with Crippen molar-refractivity contribution in [3.8, 4) is 0 Å². The lowest BCUT2D eigenvalue weighted by Gasteiger charge is -2.56. The van der Waals surface area contributed by atoms with E-state index in [0.717, 1.165) is 29.0 Å². The minimum atomic E-state index is -0.271. The first-order valence-electron chi connectivity index (χ1n) is 9.93. The maximum atomic E-state index is 12.4. The molecule has 1 amide bonds. The second-order valence-corrected chi connectivity index (χ2v) is 9.10. The molecule has 0 unspecified atom stereocenters. The van der Waals surface area contributed by atoms with Gasteiger partial charge in [0.15, 0.2) is 6.61 Å². The van der Waals surface area contributed by atoms with Crippen LogP contribution in [0.2, 0.25) is 0 Å². The van der Waals surface area contributed by atoms with Gasteiger partial charge in [-0.25, -0.2) is 0 Å². The summed E-state index contributed by atoms with van der Waals surface area (Å²) in [5, 5.41) is 2.81. The summed E-state index contributed by atoms with van der Waals surface area (Å²) in [5.41, 5.74) is 3.22. The van der Waals surface area contributed by atoms with Gasteiger partial charge in [0, 0.05) is 5.69 Å². The monoisotopic (exact) mass is 355 g/mol. The minimum absolute atomic E-state index is 0.163. The Balaban J connectivity index is 1.27. The van der Waals surface area contributed by atoms with Gasteiger partial charge >= 0.3 is 5.97 Å². The molecule has 0 atom stereocenters. The summed E-state index contributed by atoms with van der Waals surface area (Å²) in [5.74, 6) is 1.99. The van der Waals surface area contributed by atoms with Crippen LogP contribution < -0.4 is 5.32 Å². The third kappa shape index (κ3) is 3.65. The Labute approximate surface area is 155 Å². The number of nitrogens with one attached hydrogen (secondary N) is 1. The van der Waals surface area contributed by atoms with Gasteiger partial charge in [0.2, 0.25) is 0 Å². The minimum Gasteiger partial charge on any atom is -0.456 e. The van der Waals surface area contributed by atoms with Crippen molar-refractivity contribution in [2.45, 2.75) is 58.8 Å². The Morgan fingerprint density at radius 2 is 1.65 bits per heavy atom. The lowest BCUT2D eigenvalue weighted by atomic mass is 9.49. The van der Waals surface area contributed by atoms with E-state index < -0.39 is 0 Å². The number of amides is 1. The van der Waals surface area contributed by atoms with Gasteiger partial charge in [0.05, 0.1) is 6.42 Å². The van der Waals surface area contributed by atoms with E-state index in [1.165, 1.54) is 44.1 Å². The molecule has 4 nitrogen and oxygen atoms in total. The van der Waals surface area contributed by atoms with Gasteiger partial charge < -0.3 is 10.1 Å². The third-order valence-electron chi connectivity index (χ3n) is 6.84. The van der Waals surface area contributed by atoms with Crippen LogP contribution in [0, 0.1) is 37.0 Å². The van der Waals surface area contributed by atoms with E-state index in [-0.39, 0.29) is 23.9 Å². The smallest absolute Gasteiger partial charge is 0.306 e. The highest BCUT2D eigenvalue weighted by Gasteiger charge is 2.51. The molecule has 1 aromatic rings. The number of hydrogen-bond acceptors (Lipinski definition) is 3. The van der Waals surface area contributed by atoms with Crippen LogP contribution in [0.15, 0.2) is 18.2 Å². The number of benzene rings is 1. The Morgan fingerprint density at radius 3 is 2.23 bits per heavy atom. The number of carbonyl (C=O) groups excluding carboxylic acids is 2. The zero-order valence-corrected chi connectivity index (χ0v) is 15.8. The van der Waals surface area contributed by atoms with Gasteiger partial charge in [-0.05, 0) is 98.8 Å². The van der Waals surface area contributed by atoms with Crippen molar-refractivity contribution >= 4 is 17.6 Å². The SMILES string of the molecule is Cc1ccc(NC(=O)COC(=O)CC23CC4CC(CC(C4)C2)C3)cc1C. The Bertz CT molecular complexity index is 689. The highest BCUT2D eigenvalue weighted by molar-refractivity contribution is 5.92. The van der Waals surface area contributed by atoms with E-state index in [0.29, 0.717) is 6.42 Å². The van der Waals surface area contributed by atoms with Gasteiger partial charge in [-0.15, -0.1) is 0 Å². The molecule has 0 aromatic heterocycles. The topological polar surface area (TPSA) is 55.4 Å². The normalized spacial score (nSPS) is 31.7. The van der Waals surface area contributed by atoms with Gasteiger partial charge in [0.25, 0.3) is 5.91 Å². The van der Waals surface area contributed by atoms with Crippen LogP contribution in [-0.4, -0.2) is 18.5 Å². The first kappa shape index (κ1) is 17.6. The standard InChI is InChI=1S/C22H29NO3/c1-14-3-4-19(5-15(14)2)23-20(24)13-26-21(25)12-22-9-16-6-17(10-22)8-18(7-16)11-22/h3-5,16-18H,6-13H2,1-2H3,(H,23,24). The summed E-state index contributed by atoms with van der Waals surface area (Å²) < 4.78 is 5.32. The Morgan fingerprint density at radius 1 is 1.04 bits per heavy atom. The summed E-state index contributed by atoms with van der Waals surface area (Å²) in [7, 11) is 0. The van der Waals surface area contributed by atoms with Crippen LogP contribution in [0.3, 0.4) is 0 Å². The molecule has 0 heterocycles. The van der Waals surface area contributed by atoms with E-state index in [1.54, 1.807) is 0 Å². The molecule has 4 bridgehead atoms. The van der Waals surface area contributed by atoms with Crippen LogP contribution in [0.4, 0.5) is 5.69 Å². The number of ether oxygens (including phenoxy) is 1. The molecule has 5 rings (SSSR count). The molecule has 4 heteroatoms. The first-order chi connectivity index (χ1) is 12.4. The van der Waals surface area contributed by atoms with Gasteiger partial charge in [-0.3, -0.25) is 9.59 Å². The molecule has 140 valence electrons. The molecule has 1 aromatic carbocycles. The summed E-state index contributed by atoms with van der Waals surface area (Å²) in [6.07, 6.45) is 8.15. The predicted molar refractivity (Wildman–Crippen MR) is 101 cm³/mol. The summed E-state index contributed by atoms with van der Waals surface area (Å²) in [4.78, 5) is 24.5. The average molecular weight is 355 g/mol. The number of anilines is 1. The second-order valence-electron chi connectivity index (χ2n) is 9.10. The highest BCUT2D eigenvalue weighted by atomic mass is 16.5. The van der Waals surface area contributed by atoms with Crippen molar-refractivity contribution in [2.24, 2.45) is 23.2 Å². The van der Waals surface area contributed by atoms with E-state index in [9.17, 15) is 9.59 Å². The number of carbonyl (C=O) groups is 2. The van der Waals surface area contributed by atoms with E-state index in [2.05, 4.69) is 5.32 Å². The zero-order valence-electron chi connectivity index (χ0n) is 15.8. The lowest BCUT2D eigenvalue weighted by Crippen LogP contribution is -2.47.